The highest BCUT2D eigenvalue weighted by molar-refractivity contribution is 5.76. The summed E-state index contributed by atoms with van der Waals surface area (Å²) in [6.45, 7) is 14.1. The first kappa shape index (κ1) is 32.1. The summed E-state index contributed by atoms with van der Waals surface area (Å²) in [5, 5.41) is 0. The van der Waals surface area contributed by atoms with E-state index >= 15 is 0 Å². The van der Waals surface area contributed by atoms with Crippen molar-refractivity contribution >= 4 is 23.3 Å². The summed E-state index contributed by atoms with van der Waals surface area (Å²) in [6.07, 6.45) is 10.8. The number of ether oxygens (including phenoxy) is 2. The molecule has 1 amide bonds. The molecule has 1 aliphatic carbocycles. The molecule has 2 aliphatic rings. The second-order valence-corrected chi connectivity index (χ2v) is 14.2. The van der Waals surface area contributed by atoms with Gasteiger partial charge in [-0.2, -0.15) is 0 Å². The van der Waals surface area contributed by atoms with E-state index in [9.17, 15) is 4.79 Å². The molecule has 5 rings (SSSR count). The van der Waals surface area contributed by atoms with Crippen LogP contribution in [0.1, 0.15) is 103 Å². The van der Waals surface area contributed by atoms with Crippen molar-refractivity contribution in [3.05, 3.63) is 59.9 Å². The molecule has 0 radical (unpaired) electrons. The highest BCUT2D eigenvalue weighted by Crippen LogP contribution is 2.41. The maximum absolute atomic E-state index is 12.9. The number of aliphatic imine (C=N–C) groups is 1. The summed E-state index contributed by atoms with van der Waals surface area (Å²) in [5.41, 5.74) is 3.00. The molecule has 1 atom stereocenters. The Morgan fingerprint density at radius 3 is 2.55 bits per heavy atom. The molecule has 238 valence electrons. The van der Waals surface area contributed by atoms with Crippen LogP contribution in [0.4, 0.5) is 4.79 Å². The van der Waals surface area contributed by atoms with E-state index in [2.05, 4.69) is 74.0 Å². The van der Waals surface area contributed by atoms with Crippen LogP contribution in [0.2, 0.25) is 0 Å². The molecule has 7 nitrogen and oxygen atoms in total. The minimum absolute atomic E-state index is 0.0747. The standard InChI is InChI=1S/C37H52N4O3/c1-27(2)43-32-14-10-13-30(26-32)37(19-23-40(24-20-37)35(42)44-36(4,5)6)18-22-38-21-17-31(25-29-11-9-12-29)41-28(3)39-33-15-7-8-16-34(33)41/h7-8,10,13-16,21,26-27,29,31H,9,11-12,17-20,22-25H2,1-6H3/t31-/m0/s1. The summed E-state index contributed by atoms with van der Waals surface area (Å²) in [4.78, 5) is 24.6. The molecule has 7 heteroatoms. The monoisotopic (exact) mass is 600 g/mol. The Labute approximate surface area is 264 Å². The fraction of sp³-hybridized carbons (Fsp3) is 0.595. The van der Waals surface area contributed by atoms with Gasteiger partial charge in [-0.25, -0.2) is 9.78 Å². The number of carbonyl (C=O) groups is 1. The molecule has 3 aromatic rings. The highest BCUT2D eigenvalue weighted by atomic mass is 16.6. The van der Waals surface area contributed by atoms with Gasteiger partial charge in [0.15, 0.2) is 0 Å². The van der Waals surface area contributed by atoms with E-state index in [1.54, 1.807) is 0 Å². The predicted molar refractivity (Wildman–Crippen MR) is 179 cm³/mol. The number of nitrogens with zero attached hydrogens (tertiary/aromatic N) is 4. The summed E-state index contributed by atoms with van der Waals surface area (Å²) in [5.74, 6) is 2.78. The highest BCUT2D eigenvalue weighted by Gasteiger charge is 2.38. The molecular formula is C37H52N4O3. The zero-order valence-corrected chi connectivity index (χ0v) is 27.7. The Morgan fingerprint density at radius 2 is 1.86 bits per heavy atom. The van der Waals surface area contributed by atoms with Crippen LogP contribution in [0.5, 0.6) is 5.75 Å². The van der Waals surface area contributed by atoms with Crippen LogP contribution in [0.25, 0.3) is 11.0 Å². The summed E-state index contributed by atoms with van der Waals surface area (Å²) >= 11 is 0. The molecule has 44 heavy (non-hydrogen) atoms. The number of imidazole rings is 1. The number of aryl methyl sites for hydroxylation is 1. The quantitative estimate of drug-likeness (QED) is 0.207. The lowest BCUT2D eigenvalue weighted by Crippen LogP contribution is -2.47. The molecular weight excluding hydrogens is 548 g/mol. The number of para-hydroxylation sites is 2. The van der Waals surface area contributed by atoms with Gasteiger partial charge in [0, 0.05) is 43.7 Å². The van der Waals surface area contributed by atoms with Crippen molar-refractivity contribution in [3.8, 4) is 5.75 Å². The third-order valence-corrected chi connectivity index (χ3v) is 9.38. The second kappa shape index (κ2) is 13.7. The van der Waals surface area contributed by atoms with Crippen molar-refractivity contribution < 1.29 is 14.3 Å². The van der Waals surface area contributed by atoms with Crippen molar-refractivity contribution in [2.24, 2.45) is 10.9 Å². The van der Waals surface area contributed by atoms with E-state index in [0.29, 0.717) is 19.1 Å². The maximum Gasteiger partial charge on any atom is 0.410 e. The maximum atomic E-state index is 12.9. The summed E-state index contributed by atoms with van der Waals surface area (Å²) in [7, 11) is 0. The number of rotatable bonds is 11. The van der Waals surface area contributed by atoms with Crippen LogP contribution < -0.4 is 4.74 Å². The van der Waals surface area contributed by atoms with Crippen LogP contribution in [-0.4, -0.2) is 58.1 Å². The minimum Gasteiger partial charge on any atom is -0.491 e. The van der Waals surface area contributed by atoms with Crippen molar-refractivity contribution in [3.63, 3.8) is 0 Å². The van der Waals surface area contributed by atoms with E-state index in [1.807, 2.05) is 31.7 Å². The number of piperidine rings is 1. The molecule has 2 heterocycles. The summed E-state index contributed by atoms with van der Waals surface area (Å²) < 4.78 is 14.2. The van der Waals surface area contributed by atoms with Gasteiger partial charge < -0.3 is 18.9 Å². The molecule has 1 aliphatic heterocycles. The first-order valence-electron chi connectivity index (χ1n) is 16.7. The molecule has 0 bridgehead atoms. The Balaban J connectivity index is 1.30. The number of fused-ring (bicyclic) bond motifs is 1. The van der Waals surface area contributed by atoms with Crippen LogP contribution in [0, 0.1) is 12.8 Å². The largest absolute Gasteiger partial charge is 0.491 e. The normalized spacial score (nSPS) is 18.1. The number of aromatic nitrogens is 2. The average Bonchev–Trinajstić information content (AvgIpc) is 3.28. The van der Waals surface area contributed by atoms with Gasteiger partial charge in [0.1, 0.15) is 17.2 Å². The van der Waals surface area contributed by atoms with Gasteiger partial charge in [0.25, 0.3) is 0 Å². The summed E-state index contributed by atoms with van der Waals surface area (Å²) in [6, 6.07) is 17.4. The molecule has 2 fully saturated rings. The van der Waals surface area contributed by atoms with Crippen LogP contribution in [0.3, 0.4) is 0 Å². The van der Waals surface area contributed by atoms with Crippen LogP contribution in [-0.2, 0) is 10.2 Å². The van der Waals surface area contributed by atoms with Crippen molar-refractivity contribution in [1.29, 1.82) is 0 Å². The van der Waals surface area contributed by atoms with E-state index < -0.39 is 5.60 Å². The average molecular weight is 601 g/mol. The van der Waals surface area contributed by atoms with Crippen molar-refractivity contribution in [2.45, 2.75) is 116 Å². The molecule has 0 spiro atoms. The molecule has 0 N–H and O–H groups in total. The zero-order chi connectivity index (χ0) is 31.3. The second-order valence-electron chi connectivity index (χ2n) is 14.2. The Bertz CT molecular complexity index is 1420. The SMILES string of the molecule is Cc1nc2ccccc2n1[C@@H](CC=NCCC1(c2cccc(OC(C)C)c2)CCN(C(=O)OC(C)(C)C)CC1)CC1CCC1. The fourth-order valence-electron chi connectivity index (χ4n) is 6.91. The van der Waals surface area contributed by atoms with Gasteiger partial charge in [0.05, 0.1) is 17.1 Å². The number of amides is 1. The van der Waals surface area contributed by atoms with Gasteiger partial charge in [-0.15, -0.1) is 0 Å². The van der Waals surface area contributed by atoms with Gasteiger partial charge in [-0.05, 0) is 103 Å². The first-order valence-corrected chi connectivity index (χ1v) is 16.7. The number of hydrogen-bond acceptors (Lipinski definition) is 5. The smallest absolute Gasteiger partial charge is 0.410 e. The van der Waals surface area contributed by atoms with E-state index in [0.717, 1.165) is 55.2 Å². The number of likely N-dealkylation sites (tertiary alicyclic amines) is 1. The van der Waals surface area contributed by atoms with Crippen molar-refractivity contribution in [1.82, 2.24) is 14.5 Å². The molecule has 1 aromatic heterocycles. The van der Waals surface area contributed by atoms with Crippen LogP contribution in [0.15, 0.2) is 53.5 Å². The van der Waals surface area contributed by atoms with Gasteiger partial charge in [-0.1, -0.05) is 43.5 Å². The third kappa shape index (κ3) is 7.83. The van der Waals surface area contributed by atoms with Crippen LogP contribution >= 0.6 is 0 Å². The lowest BCUT2D eigenvalue weighted by Gasteiger charge is -2.42. The number of benzene rings is 2. The lowest BCUT2D eigenvalue weighted by atomic mass is 9.70. The number of hydrogen-bond donors (Lipinski definition) is 0. The topological polar surface area (TPSA) is 69.0 Å². The van der Waals surface area contributed by atoms with Gasteiger partial charge in [-0.3, -0.25) is 4.99 Å². The Kier molecular flexibility index (Phi) is 10.0. The van der Waals surface area contributed by atoms with Crippen molar-refractivity contribution in [2.75, 3.05) is 19.6 Å². The molecule has 1 saturated carbocycles. The molecule has 1 saturated heterocycles. The van der Waals surface area contributed by atoms with E-state index in [1.165, 1.54) is 36.8 Å². The van der Waals surface area contributed by atoms with E-state index in [-0.39, 0.29) is 17.6 Å². The number of carbonyl (C=O) groups excluding carboxylic acids is 1. The fourth-order valence-corrected chi connectivity index (χ4v) is 6.91. The lowest BCUT2D eigenvalue weighted by molar-refractivity contribution is 0.0160. The Hall–Kier alpha value is -3.35. The van der Waals surface area contributed by atoms with Gasteiger partial charge in [0.2, 0.25) is 0 Å². The molecule has 2 aromatic carbocycles. The Morgan fingerprint density at radius 1 is 1.11 bits per heavy atom. The zero-order valence-electron chi connectivity index (χ0n) is 27.7. The van der Waals surface area contributed by atoms with E-state index in [4.69, 9.17) is 19.5 Å². The third-order valence-electron chi connectivity index (χ3n) is 9.38. The first-order chi connectivity index (χ1) is 21.0. The van der Waals surface area contributed by atoms with Gasteiger partial charge >= 0.3 is 6.09 Å². The molecule has 0 unspecified atom stereocenters. The minimum atomic E-state index is -0.499. The predicted octanol–water partition coefficient (Wildman–Crippen LogP) is 8.68.